The van der Waals surface area contributed by atoms with Crippen molar-refractivity contribution in [3.8, 4) is 0 Å². The van der Waals surface area contributed by atoms with Gasteiger partial charge in [-0.1, -0.05) is 25.4 Å². The number of nitrogens with one attached hydrogen (secondary N) is 1. The lowest BCUT2D eigenvalue weighted by Gasteiger charge is -2.27. The minimum absolute atomic E-state index is 0.0452. The Morgan fingerprint density at radius 1 is 1.53 bits per heavy atom. The van der Waals surface area contributed by atoms with Crippen LogP contribution >= 0.6 is 11.6 Å². The Morgan fingerprint density at radius 3 is 2.42 bits per heavy atom. The van der Waals surface area contributed by atoms with Crippen LogP contribution in [0.5, 0.6) is 0 Å². The standard InChI is InChI=1S/C11H20ClN3O3S/c1-7(2)11(4,16)6-13-19(17,18)9-8(3)14-15(5)10(9)12/h7,13,16H,6H2,1-5H3. The molecule has 0 radical (unpaired) electrons. The maximum absolute atomic E-state index is 12.2. The Bertz CT molecular complexity index is 564. The van der Waals surface area contributed by atoms with Crippen molar-refractivity contribution in [3.63, 3.8) is 0 Å². The average molecular weight is 310 g/mol. The van der Waals surface area contributed by atoms with Crippen LogP contribution in [0.1, 0.15) is 26.5 Å². The summed E-state index contributed by atoms with van der Waals surface area (Å²) >= 11 is 5.93. The van der Waals surface area contributed by atoms with Gasteiger partial charge in [-0.3, -0.25) is 4.68 Å². The molecule has 1 atom stereocenters. The zero-order valence-corrected chi connectivity index (χ0v) is 13.3. The molecule has 19 heavy (non-hydrogen) atoms. The first-order valence-electron chi connectivity index (χ1n) is 5.90. The molecular formula is C11H20ClN3O3S. The molecule has 0 aliphatic carbocycles. The summed E-state index contributed by atoms with van der Waals surface area (Å²) in [6.45, 7) is 6.70. The van der Waals surface area contributed by atoms with Gasteiger partial charge in [0.1, 0.15) is 10.0 Å². The van der Waals surface area contributed by atoms with Gasteiger partial charge in [-0.15, -0.1) is 0 Å². The Kier molecular flexibility index (Phi) is 4.66. The average Bonchev–Trinajstić information content (AvgIpc) is 2.51. The number of aromatic nitrogens is 2. The minimum Gasteiger partial charge on any atom is -0.389 e. The summed E-state index contributed by atoms with van der Waals surface area (Å²) in [5, 5.41) is 14.1. The van der Waals surface area contributed by atoms with Crippen LogP contribution in [0.3, 0.4) is 0 Å². The first kappa shape index (κ1) is 16.4. The highest BCUT2D eigenvalue weighted by molar-refractivity contribution is 7.89. The van der Waals surface area contributed by atoms with Gasteiger partial charge < -0.3 is 5.11 Å². The molecule has 110 valence electrons. The number of aryl methyl sites for hydroxylation is 2. The molecule has 2 N–H and O–H groups in total. The predicted octanol–water partition coefficient (Wildman–Crippen LogP) is 1.07. The first-order chi connectivity index (χ1) is 8.49. The van der Waals surface area contributed by atoms with Gasteiger partial charge in [-0.25, -0.2) is 13.1 Å². The van der Waals surface area contributed by atoms with Crippen LogP contribution in [0.15, 0.2) is 4.90 Å². The van der Waals surface area contributed by atoms with E-state index >= 15 is 0 Å². The fraction of sp³-hybridized carbons (Fsp3) is 0.727. The second-order valence-electron chi connectivity index (χ2n) is 5.17. The third-order valence-electron chi connectivity index (χ3n) is 3.23. The van der Waals surface area contributed by atoms with Gasteiger partial charge in [0.25, 0.3) is 0 Å². The summed E-state index contributed by atoms with van der Waals surface area (Å²) in [7, 11) is -2.22. The summed E-state index contributed by atoms with van der Waals surface area (Å²) < 4.78 is 28.1. The number of sulfonamides is 1. The quantitative estimate of drug-likeness (QED) is 0.852. The van der Waals surface area contributed by atoms with E-state index in [-0.39, 0.29) is 22.5 Å². The third kappa shape index (κ3) is 3.47. The highest BCUT2D eigenvalue weighted by Crippen LogP contribution is 2.24. The molecule has 0 spiro atoms. The summed E-state index contributed by atoms with van der Waals surface area (Å²) in [5.74, 6) is -0.0827. The van der Waals surface area contributed by atoms with E-state index in [0.717, 1.165) is 0 Å². The van der Waals surface area contributed by atoms with E-state index in [4.69, 9.17) is 11.6 Å². The maximum atomic E-state index is 12.2. The molecule has 0 amide bonds. The van der Waals surface area contributed by atoms with Crippen LogP contribution in [0.4, 0.5) is 0 Å². The third-order valence-corrected chi connectivity index (χ3v) is 5.33. The Balaban J connectivity index is 3.01. The topological polar surface area (TPSA) is 84.2 Å². The van der Waals surface area contributed by atoms with Crippen molar-refractivity contribution in [1.82, 2.24) is 14.5 Å². The zero-order valence-electron chi connectivity index (χ0n) is 11.7. The molecule has 0 saturated carbocycles. The highest BCUT2D eigenvalue weighted by Gasteiger charge is 2.30. The molecular weight excluding hydrogens is 290 g/mol. The molecule has 6 nitrogen and oxygen atoms in total. The fourth-order valence-corrected chi connectivity index (χ4v) is 3.32. The Morgan fingerprint density at radius 2 is 2.05 bits per heavy atom. The molecule has 1 unspecified atom stereocenters. The van der Waals surface area contributed by atoms with Crippen LogP contribution in [-0.2, 0) is 17.1 Å². The lowest BCUT2D eigenvalue weighted by Crippen LogP contribution is -2.44. The molecule has 1 aromatic heterocycles. The van der Waals surface area contributed by atoms with E-state index in [1.54, 1.807) is 20.9 Å². The predicted molar refractivity (Wildman–Crippen MR) is 73.6 cm³/mol. The van der Waals surface area contributed by atoms with Crippen molar-refractivity contribution in [3.05, 3.63) is 10.8 Å². The molecule has 8 heteroatoms. The summed E-state index contributed by atoms with van der Waals surface area (Å²) in [4.78, 5) is -0.0452. The van der Waals surface area contributed by atoms with Gasteiger partial charge in [0.15, 0.2) is 0 Å². The molecule has 0 fully saturated rings. The van der Waals surface area contributed by atoms with Crippen molar-refractivity contribution in [2.45, 2.75) is 38.2 Å². The second kappa shape index (κ2) is 5.40. The fourth-order valence-electron chi connectivity index (χ4n) is 1.43. The molecule has 0 aliphatic heterocycles. The number of halogens is 1. The van der Waals surface area contributed by atoms with Crippen LogP contribution < -0.4 is 4.72 Å². The Labute approximate surface area is 118 Å². The SMILES string of the molecule is Cc1nn(C)c(Cl)c1S(=O)(=O)NCC(C)(O)C(C)C. The normalized spacial score (nSPS) is 15.8. The lowest BCUT2D eigenvalue weighted by molar-refractivity contribution is 0.0190. The van der Waals surface area contributed by atoms with E-state index < -0.39 is 15.6 Å². The van der Waals surface area contributed by atoms with Crippen LogP contribution in [0, 0.1) is 12.8 Å². The van der Waals surface area contributed by atoms with Gasteiger partial charge in [0.05, 0.1) is 11.3 Å². The molecule has 0 saturated heterocycles. The summed E-state index contributed by atoms with van der Waals surface area (Å²) in [6.07, 6.45) is 0. The van der Waals surface area contributed by atoms with E-state index in [2.05, 4.69) is 9.82 Å². The zero-order chi connectivity index (χ0) is 15.0. The van der Waals surface area contributed by atoms with Crippen LogP contribution in [-0.4, -0.2) is 35.5 Å². The van der Waals surface area contributed by atoms with E-state index in [1.165, 1.54) is 4.68 Å². The number of hydrogen-bond acceptors (Lipinski definition) is 4. The van der Waals surface area contributed by atoms with E-state index in [0.29, 0.717) is 5.69 Å². The number of nitrogens with zero attached hydrogens (tertiary/aromatic N) is 2. The van der Waals surface area contributed by atoms with Crippen molar-refractivity contribution in [1.29, 1.82) is 0 Å². The van der Waals surface area contributed by atoms with Gasteiger partial charge in [-0.05, 0) is 19.8 Å². The van der Waals surface area contributed by atoms with Crippen molar-refractivity contribution < 1.29 is 13.5 Å². The molecule has 1 rings (SSSR count). The number of hydrogen-bond donors (Lipinski definition) is 2. The van der Waals surface area contributed by atoms with Gasteiger partial charge in [0, 0.05) is 13.6 Å². The summed E-state index contributed by atoms with van der Waals surface area (Å²) in [6, 6.07) is 0. The molecule has 0 bridgehead atoms. The number of aliphatic hydroxyl groups is 1. The molecule has 1 aromatic rings. The van der Waals surface area contributed by atoms with Crippen molar-refractivity contribution in [2.24, 2.45) is 13.0 Å². The number of rotatable bonds is 5. The lowest BCUT2D eigenvalue weighted by atomic mass is 9.93. The highest BCUT2D eigenvalue weighted by atomic mass is 35.5. The van der Waals surface area contributed by atoms with Gasteiger partial charge in [-0.2, -0.15) is 5.10 Å². The Hall–Kier alpha value is -0.630. The second-order valence-corrected chi connectivity index (χ2v) is 7.23. The summed E-state index contributed by atoms with van der Waals surface area (Å²) in [5.41, 5.74) is -0.806. The first-order valence-corrected chi connectivity index (χ1v) is 7.76. The van der Waals surface area contributed by atoms with Crippen LogP contribution in [0.2, 0.25) is 5.15 Å². The van der Waals surface area contributed by atoms with E-state index in [1.807, 2.05) is 13.8 Å². The molecule has 0 aromatic carbocycles. The van der Waals surface area contributed by atoms with Crippen molar-refractivity contribution >= 4 is 21.6 Å². The van der Waals surface area contributed by atoms with Gasteiger partial charge >= 0.3 is 0 Å². The molecule has 1 heterocycles. The van der Waals surface area contributed by atoms with Crippen LogP contribution in [0.25, 0.3) is 0 Å². The minimum atomic E-state index is -3.79. The maximum Gasteiger partial charge on any atom is 0.245 e. The van der Waals surface area contributed by atoms with E-state index in [9.17, 15) is 13.5 Å². The smallest absolute Gasteiger partial charge is 0.245 e. The molecule has 0 aliphatic rings. The largest absolute Gasteiger partial charge is 0.389 e. The monoisotopic (exact) mass is 309 g/mol. The van der Waals surface area contributed by atoms with Gasteiger partial charge in [0.2, 0.25) is 10.0 Å². The van der Waals surface area contributed by atoms with Crippen molar-refractivity contribution in [2.75, 3.05) is 6.54 Å².